The summed E-state index contributed by atoms with van der Waals surface area (Å²) in [5.74, 6) is 1.86. The molecule has 0 unspecified atom stereocenters. The molecular weight excluding hydrogens is 425 g/mol. The molecule has 5 nitrogen and oxygen atoms in total. The van der Waals surface area contributed by atoms with Crippen molar-refractivity contribution in [2.75, 3.05) is 12.0 Å². The fraction of sp³-hybridized carbons (Fsp3) is 0.120. The predicted octanol–water partition coefficient (Wildman–Crippen LogP) is 5.67. The van der Waals surface area contributed by atoms with E-state index in [4.69, 9.17) is 21.4 Å². The molecule has 5 rings (SSSR count). The molecule has 7 heteroatoms. The third kappa shape index (κ3) is 3.71. The molecule has 1 aliphatic rings. The lowest BCUT2D eigenvalue weighted by Gasteiger charge is -2.26. The van der Waals surface area contributed by atoms with Crippen LogP contribution in [-0.4, -0.2) is 17.2 Å². The first-order valence-corrected chi connectivity index (χ1v) is 10.6. The van der Waals surface area contributed by atoms with E-state index in [0.717, 1.165) is 28.5 Å². The van der Waals surface area contributed by atoms with Crippen molar-refractivity contribution in [1.29, 1.82) is 0 Å². The number of aromatic nitrogens is 1. The van der Waals surface area contributed by atoms with Gasteiger partial charge >= 0.3 is 0 Å². The summed E-state index contributed by atoms with van der Waals surface area (Å²) in [7, 11) is 1.64. The van der Waals surface area contributed by atoms with Gasteiger partial charge in [-0.05, 0) is 85.0 Å². The monoisotopic (exact) mass is 445 g/mol. The van der Waals surface area contributed by atoms with Crippen molar-refractivity contribution in [1.82, 2.24) is 10.3 Å². The summed E-state index contributed by atoms with van der Waals surface area (Å²) >= 11 is 5.72. The molecule has 2 atom stereocenters. The number of benzene rings is 2. The average molecular weight is 446 g/mol. The van der Waals surface area contributed by atoms with Crippen LogP contribution in [0.5, 0.6) is 5.75 Å². The maximum absolute atomic E-state index is 13.4. The lowest BCUT2D eigenvalue weighted by atomic mass is 10.0. The van der Waals surface area contributed by atoms with Crippen LogP contribution in [0.1, 0.15) is 23.5 Å². The van der Waals surface area contributed by atoms with Crippen LogP contribution in [0.3, 0.4) is 0 Å². The largest absolute Gasteiger partial charge is 0.497 e. The number of hydrogen-bond donors (Lipinski definition) is 1. The molecule has 32 heavy (non-hydrogen) atoms. The number of hydrogen-bond acceptors (Lipinski definition) is 4. The number of ether oxygens (including phenoxy) is 1. The number of furan rings is 1. The van der Waals surface area contributed by atoms with Crippen molar-refractivity contribution in [3.05, 3.63) is 102 Å². The molecule has 3 heterocycles. The highest BCUT2D eigenvalue weighted by Gasteiger charge is 2.42. The van der Waals surface area contributed by atoms with E-state index in [2.05, 4.69) is 10.3 Å². The lowest BCUT2D eigenvalue weighted by molar-refractivity contribution is 0.414. The SMILES string of the molecule is COc1ccc(N2C(=S)N[C@H](c3ccccn3)[C@@H]2c2ccc(-c3ccc(F)cc3)o2)cc1. The standard InChI is InChI=1S/C25H20FN3O2S/c1-30-19-11-9-18(10-12-19)29-24(23(28-25(29)32)20-4-2-3-15-27-20)22-14-13-21(31-22)16-5-7-17(26)8-6-16/h2-15,23-24H,1H3,(H,28,32)/t23-,24+/m1/s1. The lowest BCUT2D eigenvalue weighted by Crippen LogP contribution is -2.29. The van der Waals surface area contributed by atoms with Crippen LogP contribution in [0.15, 0.2) is 89.5 Å². The molecule has 1 saturated heterocycles. The Kier molecular flexibility index (Phi) is 5.33. The number of nitrogens with one attached hydrogen (secondary N) is 1. The third-order valence-electron chi connectivity index (χ3n) is 5.50. The Hall–Kier alpha value is -3.71. The molecular formula is C25H20FN3O2S. The highest BCUT2D eigenvalue weighted by Crippen LogP contribution is 2.43. The quantitative estimate of drug-likeness (QED) is 0.400. The molecule has 0 saturated carbocycles. The van der Waals surface area contributed by atoms with Gasteiger partial charge in [-0.2, -0.15) is 0 Å². The van der Waals surface area contributed by atoms with Crippen molar-refractivity contribution < 1.29 is 13.5 Å². The van der Waals surface area contributed by atoms with Gasteiger partial charge in [0.25, 0.3) is 0 Å². The second kappa shape index (κ2) is 8.43. The normalized spacial score (nSPS) is 17.9. The van der Waals surface area contributed by atoms with Gasteiger partial charge in [0.1, 0.15) is 29.1 Å². The fourth-order valence-electron chi connectivity index (χ4n) is 3.95. The summed E-state index contributed by atoms with van der Waals surface area (Å²) < 4.78 is 24.9. The second-order valence-corrected chi connectivity index (χ2v) is 7.79. The van der Waals surface area contributed by atoms with Crippen LogP contribution >= 0.6 is 12.2 Å². The number of pyridine rings is 1. The minimum atomic E-state index is -0.285. The van der Waals surface area contributed by atoms with Gasteiger partial charge in [0.2, 0.25) is 0 Å². The van der Waals surface area contributed by atoms with E-state index in [1.807, 2.05) is 59.5 Å². The Labute approximate surface area is 190 Å². The minimum absolute atomic E-state index is 0.210. The molecule has 0 aliphatic carbocycles. The van der Waals surface area contributed by atoms with E-state index in [0.29, 0.717) is 10.9 Å². The van der Waals surface area contributed by atoms with E-state index in [1.54, 1.807) is 25.4 Å². The maximum Gasteiger partial charge on any atom is 0.174 e. The topological polar surface area (TPSA) is 50.5 Å². The Morgan fingerprint density at radius 1 is 1.00 bits per heavy atom. The van der Waals surface area contributed by atoms with Crippen molar-refractivity contribution in [3.8, 4) is 17.1 Å². The Bertz CT molecular complexity index is 1230. The van der Waals surface area contributed by atoms with Crippen molar-refractivity contribution in [2.45, 2.75) is 12.1 Å². The summed E-state index contributed by atoms with van der Waals surface area (Å²) in [6.07, 6.45) is 1.76. The van der Waals surface area contributed by atoms with Gasteiger partial charge in [-0.25, -0.2) is 4.39 Å². The molecule has 1 fully saturated rings. The van der Waals surface area contributed by atoms with Crippen molar-refractivity contribution >= 4 is 23.0 Å². The molecule has 2 aromatic carbocycles. The minimum Gasteiger partial charge on any atom is -0.497 e. The highest BCUT2D eigenvalue weighted by molar-refractivity contribution is 7.80. The number of halogens is 1. The van der Waals surface area contributed by atoms with Gasteiger partial charge in [-0.3, -0.25) is 4.98 Å². The molecule has 0 bridgehead atoms. The molecule has 0 amide bonds. The molecule has 2 aromatic heterocycles. The number of methoxy groups -OCH3 is 1. The summed E-state index contributed by atoms with van der Waals surface area (Å²) in [6.45, 7) is 0. The first-order chi connectivity index (χ1) is 15.6. The Morgan fingerprint density at radius 3 is 2.47 bits per heavy atom. The van der Waals surface area contributed by atoms with E-state index >= 15 is 0 Å². The zero-order valence-corrected chi connectivity index (χ0v) is 18.1. The Balaban J connectivity index is 1.57. The van der Waals surface area contributed by atoms with Crippen LogP contribution in [-0.2, 0) is 0 Å². The van der Waals surface area contributed by atoms with Crippen LogP contribution in [0, 0.1) is 5.82 Å². The first-order valence-electron chi connectivity index (χ1n) is 10.1. The Morgan fingerprint density at radius 2 is 1.78 bits per heavy atom. The van der Waals surface area contributed by atoms with Crippen molar-refractivity contribution in [3.63, 3.8) is 0 Å². The third-order valence-corrected chi connectivity index (χ3v) is 5.81. The van der Waals surface area contributed by atoms with Crippen LogP contribution in [0.2, 0.25) is 0 Å². The first kappa shape index (κ1) is 20.2. The highest BCUT2D eigenvalue weighted by atomic mass is 32.1. The molecule has 4 aromatic rings. The zero-order valence-electron chi connectivity index (χ0n) is 17.2. The fourth-order valence-corrected chi connectivity index (χ4v) is 4.29. The van der Waals surface area contributed by atoms with Crippen LogP contribution in [0.25, 0.3) is 11.3 Å². The second-order valence-electron chi connectivity index (χ2n) is 7.40. The van der Waals surface area contributed by atoms with Gasteiger partial charge in [-0.1, -0.05) is 6.07 Å². The van der Waals surface area contributed by atoms with E-state index in [1.165, 1.54) is 12.1 Å². The van der Waals surface area contributed by atoms with Crippen LogP contribution < -0.4 is 15.0 Å². The van der Waals surface area contributed by atoms with E-state index < -0.39 is 0 Å². The van der Waals surface area contributed by atoms with E-state index in [-0.39, 0.29) is 17.9 Å². The summed E-state index contributed by atoms with van der Waals surface area (Å²) in [4.78, 5) is 6.58. The molecule has 1 aliphatic heterocycles. The molecule has 0 radical (unpaired) electrons. The molecule has 160 valence electrons. The average Bonchev–Trinajstić information content (AvgIpc) is 3.45. The summed E-state index contributed by atoms with van der Waals surface area (Å²) in [5.41, 5.74) is 2.57. The molecule has 0 spiro atoms. The number of rotatable bonds is 5. The van der Waals surface area contributed by atoms with Gasteiger partial charge in [0.15, 0.2) is 5.11 Å². The van der Waals surface area contributed by atoms with Gasteiger partial charge in [-0.15, -0.1) is 0 Å². The van der Waals surface area contributed by atoms with Gasteiger partial charge in [0, 0.05) is 17.4 Å². The maximum atomic E-state index is 13.4. The summed E-state index contributed by atoms with van der Waals surface area (Å²) in [6, 6.07) is 23.1. The number of anilines is 1. The predicted molar refractivity (Wildman–Crippen MR) is 125 cm³/mol. The zero-order chi connectivity index (χ0) is 22.1. The smallest absolute Gasteiger partial charge is 0.174 e. The molecule has 1 N–H and O–H groups in total. The number of thiocarbonyl (C=S) groups is 1. The van der Waals surface area contributed by atoms with Gasteiger partial charge < -0.3 is 19.4 Å². The van der Waals surface area contributed by atoms with Crippen molar-refractivity contribution in [2.24, 2.45) is 0 Å². The van der Waals surface area contributed by atoms with Crippen LogP contribution in [0.4, 0.5) is 10.1 Å². The van der Waals surface area contributed by atoms with Gasteiger partial charge in [0.05, 0.1) is 18.8 Å². The summed E-state index contributed by atoms with van der Waals surface area (Å²) in [5, 5.41) is 3.99. The number of nitrogens with zero attached hydrogens (tertiary/aromatic N) is 2. The van der Waals surface area contributed by atoms with E-state index in [9.17, 15) is 4.39 Å².